The minimum absolute atomic E-state index is 0.0160. The summed E-state index contributed by atoms with van der Waals surface area (Å²) in [4.78, 5) is 0.236. The van der Waals surface area contributed by atoms with E-state index in [0.717, 1.165) is 0 Å². The van der Waals surface area contributed by atoms with Crippen LogP contribution in [-0.2, 0) is 10.0 Å². The Kier molecular flexibility index (Phi) is 4.72. The molecule has 5 nitrogen and oxygen atoms in total. The van der Waals surface area contributed by atoms with E-state index in [1.54, 1.807) is 32.9 Å². The third-order valence-corrected chi connectivity index (χ3v) is 4.46. The Labute approximate surface area is 108 Å². The first-order valence-corrected chi connectivity index (χ1v) is 7.30. The van der Waals surface area contributed by atoms with Gasteiger partial charge in [0.2, 0.25) is 10.0 Å². The molecule has 102 valence electrons. The minimum atomic E-state index is -3.61. The van der Waals surface area contributed by atoms with Crippen LogP contribution in [0.25, 0.3) is 0 Å². The molecule has 6 heteroatoms. The first kappa shape index (κ1) is 14.9. The van der Waals surface area contributed by atoms with Gasteiger partial charge in [0.1, 0.15) is 0 Å². The molecule has 0 heterocycles. The molecule has 1 unspecified atom stereocenters. The number of benzene rings is 1. The Morgan fingerprint density at radius 1 is 1.33 bits per heavy atom. The first-order chi connectivity index (χ1) is 8.27. The highest BCUT2D eigenvalue weighted by atomic mass is 32.2. The Hall–Kier alpha value is -1.11. The zero-order valence-corrected chi connectivity index (χ0v) is 11.7. The monoisotopic (exact) mass is 272 g/mol. The minimum Gasteiger partial charge on any atom is -0.399 e. The Morgan fingerprint density at radius 2 is 1.83 bits per heavy atom. The molecule has 0 saturated carbocycles. The van der Waals surface area contributed by atoms with Crippen molar-refractivity contribution >= 4 is 15.7 Å². The van der Waals surface area contributed by atoms with Crippen LogP contribution < -0.4 is 10.5 Å². The van der Waals surface area contributed by atoms with Crippen molar-refractivity contribution < 1.29 is 13.5 Å². The summed E-state index contributed by atoms with van der Waals surface area (Å²) in [5.41, 5.74) is 7.41. The number of nitrogens with two attached hydrogens (primary N) is 1. The van der Waals surface area contributed by atoms with Gasteiger partial charge in [-0.3, -0.25) is 0 Å². The maximum atomic E-state index is 12.1. The number of hydrogen-bond acceptors (Lipinski definition) is 4. The van der Waals surface area contributed by atoms with Crippen LogP contribution in [0.1, 0.15) is 24.5 Å². The van der Waals surface area contributed by atoms with Gasteiger partial charge >= 0.3 is 0 Å². The number of nitrogens with one attached hydrogen (secondary N) is 1. The summed E-state index contributed by atoms with van der Waals surface area (Å²) in [6.07, 6.45) is -0.170. The fraction of sp³-hybridized carbons (Fsp3) is 0.500. The van der Waals surface area contributed by atoms with Gasteiger partial charge in [0.15, 0.2) is 0 Å². The number of sulfonamides is 1. The summed E-state index contributed by atoms with van der Waals surface area (Å²) in [7, 11) is -3.61. The molecule has 0 amide bonds. The van der Waals surface area contributed by atoms with Crippen molar-refractivity contribution in [1.82, 2.24) is 4.72 Å². The van der Waals surface area contributed by atoms with Gasteiger partial charge in [-0.1, -0.05) is 6.92 Å². The molecule has 0 saturated heterocycles. The number of aliphatic hydroxyl groups is 1. The van der Waals surface area contributed by atoms with Gasteiger partial charge in [-0.2, -0.15) is 0 Å². The fourth-order valence-electron chi connectivity index (χ4n) is 1.83. The molecule has 1 atom stereocenters. The second kappa shape index (κ2) is 5.69. The van der Waals surface area contributed by atoms with Crippen molar-refractivity contribution in [1.29, 1.82) is 0 Å². The molecular formula is C12H20N2O3S. The molecule has 1 rings (SSSR count). The molecule has 0 aromatic heterocycles. The van der Waals surface area contributed by atoms with Crippen LogP contribution in [-0.4, -0.2) is 26.2 Å². The standard InChI is InChI=1S/C12H20N2O3S/c1-4-11(15)7-14-18(16,17)12-8(2)5-10(13)6-9(12)3/h5-6,11,14-15H,4,7,13H2,1-3H3. The molecule has 0 aliphatic heterocycles. The first-order valence-electron chi connectivity index (χ1n) is 5.82. The lowest BCUT2D eigenvalue weighted by atomic mass is 10.1. The summed E-state index contributed by atoms with van der Waals surface area (Å²) < 4.78 is 26.7. The zero-order chi connectivity index (χ0) is 13.9. The van der Waals surface area contributed by atoms with Gasteiger partial charge in [-0.25, -0.2) is 13.1 Å². The number of anilines is 1. The van der Waals surface area contributed by atoms with E-state index in [9.17, 15) is 13.5 Å². The summed E-state index contributed by atoms with van der Waals surface area (Å²) in [6, 6.07) is 3.25. The van der Waals surface area contributed by atoms with Crippen molar-refractivity contribution in [3.8, 4) is 0 Å². The number of aliphatic hydroxyl groups excluding tert-OH is 1. The van der Waals surface area contributed by atoms with Crippen LogP contribution in [0.4, 0.5) is 5.69 Å². The van der Waals surface area contributed by atoms with E-state index < -0.39 is 16.1 Å². The van der Waals surface area contributed by atoms with E-state index in [-0.39, 0.29) is 11.4 Å². The summed E-state index contributed by atoms with van der Waals surface area (Å²) in [5, 5.41) is 9.40. The van der Waals surface area contributed by atoms with Crippen molar-refractivity contribution in [3.63, 3.8) is 0 Å². The predicted octanol–water partition coefficient (Wildman–Crippen LogP) is 0.935. The van der Waals surface area contributed by atoms with Crippen molar-refractivity contribution in [3.05, 3.63) is 23.3 Å². The summed E-state index contributed by atoms with van der Waals surface area (Å²) in [6.45, 7) is 5.21. The summed E-state index contributed by atoms with van der Waals surface area (Å²) in [5.74, 6) is 0. The third kappa shape index (κ3) is 3.44. The Bertz CT molecular complexity index is 503. The molecule has 4 N–H and O–H groups in total. The molecule has 0 radical (unpaired) electrons. The van der Waals surface area contributed by atoms with E-state index in [1.807, 2.05) is 0 Å². The average Bonchev–Trinajstić information content (AvgIpc) is 2.24. The number of hydrogen-bond donors (Lipinski definition) is 3. The molecule has 0 spiro atoms. The lowest BCUT2D eigenvalue weighted by Crippen LogP contribution is -2.32. The lowest BCUT2D eigenvalue weighted by Gasteiger charge is -2.14. The van der Waals surface area contributed by atoms with Crippen LogP contribution in [0, 0.1) is 13.8 Å². The van der Waals surface area contributed by atoms with E-state index in [1.165, 1.54) is 0 Å². The van der Waals surface area contributed by atoms with Gasteiger partial charge < -0.3 is 10.8 Å². The van der Waals surface area contributed by atoms with E-state index in [2.05, 4.69) is 4.72 Å². The highest BCUT2D eigenvalue weighted by Crippen LogP contribution is 2.22. The largest absolute Gasteiger partial charge is 0.399 e. The van der Waals surface area contributed by atoms with Crippen LogP contribution in [0.2, 0.25) is 0 Å². The highest BCUT2D eigenvalue weighted by molar-refractivity contribution is 7.89. The smallest absolute Gasteiger partial charge is 0.241 e. The second-order valence-electron chi connectivity index (χ2n) is 4.40. The number of aryl methyl sites for hydroxylation is 2. The van der Waals surface area contributed by atoms with E-state index in [0.29, 0.717) is 23.2 Å². The van der Waals surface area contributed by atoms with Crippen LogP contribution >= 0.6 is 0 Å². The third-order valence-electron chi connectivity index (χ3n) is 2.73. The maximum Gasteiger partial charge on any atom is 0.241 e. The molecule has 1 aromatic rings. The topological polar surface area (TPSA) is 92.4 Å². The second-order valence-corrected chi connectivity index (χ2v) is 6.10. The molecule has 0 fully saturated rings. The van der Waals surface area contributed by atoms with Crippen LogP contribution in [0.5, 0.6) is 0 Å². The highest BCUT2D eigenvalue weighted by Gasteiger charge is 2.20. The average molecular weight is 272 g/mol. The fourth-order valence-corrected chi connectivity index (χ4v) is 3.35. The number of rotatable bonds is 5. The summed E-state index contributed by atoms with van der Waals surface area (Å²) >= 11 is 0. The quantitative estimate of drug-likeness (QED) is 0.695. The van der Waals surface area contributed by atoms with Gasteiger partial charge in [-0.05, 0) is 43.5 Å². The molecule has 0 aliphatic carbocycles. The predicted molar refractivity (Wildman–Crippen MR) is 71.8 cm³/mol. The molecule has 18 heavy (non-hydrogen) atoms. The normalized spacial score (nSPS) is 13.6. The Balaban J connectivity index is 3.06. The SMILES string of the molecule is CCC(O)CNS(=O)(=O)c1c(C)cc(N)cc1C. The van der Waals surface area contributed by atoms with Gasteiger partial charge in [0.05, 0.1) is 11.0 Å². The molecule has 1 aromatic carbocycles. The molecule has 0 aliphatic rings. The molecular weight excluding hydrogens is 252 g/mol. The molecule has 0 bridgehead atoms. The van der Waals surface area contributed by atoms with E-state index >= 15 is 0 Å². The lowest BCUT2D eigenvalue weighted by molar-refractivity contribution is 0.174. The van der Waals surface area contributed by atoms with Crippen molar-refractivity contribution in [2.75, 3.05) is 12.3 Å². The maximum absolute atomic E-state index is 12.1. The van der Waals surface area contributed by atoms with Crippen LogP contribution in [0.3, 0.4) is 0 Å². The van der Waals surface area contributed by atoms with Gasteiger partial charge in [-0.15, -0.1) is 0 Å². The van der Waals surface area contributed by atoms with Gasteiger partial charge in [0, 0.05) is 12.2 Å². The van der Waals surface area contributed by atoms with Crippen LogP contribution in [0.15, 0.2) is 17.0 Å². The zero-order valence-electron chi connectivity index (χ0n) is 10.9. The number of nitrogen functional groups attached to an aromatic ring is 1. The van der Waals surface area contributed by atoms with Crippen molar-refractivity contribution in [2.24, 2.45) is 0 Å². The Morgan fingerprint density at radius 3 is 2.28 bits per heavy atom. The van der Waals surface area contributed by atoms with Gasteiger partial charge in [0.25, 0.3) is 0 Å². The van der Waals surface area contributed by atoms with Crippen molar-refractivity contribution in [2.45, 2.75) is 38.2 Å². The van der Waals surface area contributed by atoms with E-state index in [4.69, 9.17) is 5.73 Å².